The number of halogens is 2. The molecule has 4 rings (SSSR count). The van der Waals surface area contributed by atoms with Crippen molar-refractivity contribution in [2.75, 3.05) is 0 Å². The van der Waals surface area contributed by atoms with E-state index in [4.69, 9.17) is 0 Å². The highest BCUT2D eigenvalue weighted by atomic mass is 79.9. The van der Waals surface area contributed by atoms with Gasteiger partial charge in [0.2, 0.25) is 0 Å². The topological polar surface area (TPSA) is 32.3 Å². The summed E-state index contributed by atoms with van der Waals surface area (Å²) in [5.41, 5.74) is 3.55. The molecule has 3 aromatic rings. The lowest BCUT2D eigenvalue weighted by atomic mass is 9.76. The maximum absolute atomic E-state index is 11.1. The summed E-state index contributed by atoms with van der Waals surface area (Å²) >= 11 is 7.03. The first kappa shape index (κ1) is 18.9. The first-order valence-corrected chi connectivity index (χ1v) is 10.7. The third-order valence-corrected chi connectivity index (χ3v) is 6.37. The Labute approximate surface area is 176 Å². The van der Waals surface area contributed by atoms with Crippen molar-refractivity contribution >= 4 is 31.9 Å². The Balaban J connectivity index is 1.71. The molecule has 0 radical (unpaired) electrons. The molecule has 1 saturated heterocycles. The van der Waals surface area contributed by atoms with E-state index < -0.39 is 6.10 Å². The van der Waals surface area contributed by atoms with E-state index in [2.05, 4.69) is 97.8 Å². The van der Waals surface area contributed by atoms with Crippen LogP contribution in [0.15, 0.2) is 87.8 Å². The second-order valence-electron chi connectivity index (χ2n) is 7.04. The van der Waals surface area contributed by atoms with Crippen LogP contribution >= 0.6 is 31.9 Å². The molecule has 0 saturated carbocycles. The van der Waals surface area contributed by atoms with Gasteiger partial charge in [0.15, 0.2) is 0 Å². The van der Waals surface area contributed by atoms with Crippen LogP contribution in [0.1, 0.15) is 41.1 Å². The molecule has 1 fully saturated rings. The molecule has 2 N–H and O–H groups in total. The van der Waals surface area contributed by atoms with E-state index in [-0.39, 0.29) is 18.0 Å². The van der Waals surface area contributed by atoms with Gasteiger partial charge < -0.3 is 10.4 Å². The summed E-state index contributed by atoms with van der Waals surface area (Å²) < 4.78 is 2.12. The van der Waals surface area contributed by atoms with Crippen LogP contribution in [0.4, 0.5) is 0 Å². The highest BCUT2D eigenvalue weighted by Gasteiger charge is 2.38. The number of benzene rings is 3. The smallest absolute Gasteiger partial charge is 0.0645 e. The Kier molecular flexibility index (Phi) is 5.79. The fourth-order valence-corrected chi connectivity index (χ4v) is 4.52. The van der Waals surface area contributed by atoms with Crippen molar-refractivity contribution in [3.05, 3.63) is 104 Å². The van der Waals surface area contributed by atoms with Crippen molar-refractivity contribution in [1.29, 1.82) is 0 Å². The van der Waals surface area contributed by atoms with E-state index in [0.717, 1.165) is 8.95 Å². The number of aliphatic hydroxyl groups excluding tert-OH is 1. The van der Waals surface area contributed by atoms with E-state index >= 15 is 0 Å². The highest BCUT2D eigenvalue weighted by molar-refractivity contribution is 9.10. The first-order valence-electron chi connectivity index (χ1n) is 9.12. The van der Waals surface area contributed by atoms with Crippen LogP contribution in [0.3, 0.4) is 0 Å². The molecule has 138 valence electrons. The number of aliphatic hydroxyl groups is 1. The molecule has 0 spiro atoms. The molecule has 1 heterocycles. The predicted molar refractivity (Wildman–Crippen MR) is 117 cm³/mol. The van der Waals surface area contributed by atoms with Gasteiger partial charge in [-0.1, -0.05) is 86.5 Å². The lowest BCUT2D eigenvalue weighted by Crippen LogP contribution is -2.43. The van der Waals surface area contributed by atoms with Gasteiger partial charge in [0.05, 0.1) is 6.10 Å². The predicted octanol–water partition coefficient (Wildman–Crippen LogP) is 6.13. The zero-order valence-corrected chi connectivity index (χ0v) is 17.9. The van der Waals surface area contributed by atoms with Crippen LogP contribution in [-0.2, 0) is 0 Å². The summed E-state index contributed by atoms with van der Waals surface area (Å²) in [4.78, 5) is 0. The molecule has 0 unspecified atom stereocenters. The molecule has 4 heteroatoms. The molecular formula is C23H21Br2NO. The minimum Gasteiger partial charge on any atom is -0.392 e. The maximum atomic E-state index is 11.1. The van der Waals surface area contributed by atoms with E-state index in [9.17, 15) is 5.11 Å². The van der Waals surface area contributed by atoms with Gasteiger partial charge in [0.25, 0.3) is 0 Å². The minimum absolute atomic E-state index is 0.0130. The second-order valence-corrected chi connectivity index (χ2v) is 8.87. The van der Waals surface area contributed by atoms with Crippen molar-refractivity contribution in [2.24, 2.45) is 0 Å². The molecule has 2 nitrogen and oxygen atoms in total. The summed E-state index contributed by atoms with van der Waals surface area (Å²) in [6, 6.07) is 27.2. The molecule has 0 aromatic heterocycles. The van der Waals surface area contributed by atoms with E-state index in [1.807, 2.05) is 18.2 Å². The molecular weight excluding hydrogens is 466 g/mol. The Morgan fingerprint density at radius 2 is 1.26 bits per heavy atom. The number of piperidine rings is 1. The molecule has 27 heavy (non-hydrogen) atoms. The molecule has 4 atom stereocenters. The average Bonchev–Trinajstić information content (AvgIpc) is 2.69. The van der Waals surface area contributed by atoms with Gasteiger partial charge in [-0.2, -0.15) is 0 Å². The Hall–Kier alpha value is -1.46. The van der Waals surface area contributed by atoms with Crippen molar-refractivity contribution in [3.63, 3.8) is 0 Å². The van der Waals surface area contributed by atoms with Gasteiger partial charge in [0.1, 0.15) is 0 Å². The highest BCUT2D eigenvalue weighted by Crippen LogP contribution is 2.43. The van der Waals surface area contributed by atoms with Crippen molar-refractivity contribution < 1.29 is 5.11 Å². The van der Waals surface area contributed by atoms with Crippen LogP contribution in [0.25, 0.3) is 0 Å². The van der Waals surface area contributed by atoms with Crippen LogP contribution in [0, 0.1) is 0 Å². The normalized spacial score (nSPS) is 25.3. The van der Waals surface area contributed by atoms with Crippen molar-refractivity contribution in [3.8, 4) is 0 Å². The fraction of sp³-hybridized carbons (Fsp3) is 0.217. The van der Waals surface area contributed by atoms with E-state index in [0.29, 0.717) is 6.42 Å². The standard InChI is InChI=1S/C23H21Br2NO/c24-18-10-6-15(7-11-18)20-14-21(27)22(16-4-2-1-3-5-16)23(26-20)17-8-12-19(25)13-9-17/h1-13,20-23,26-27H,14H2/t20-,21-,22+,23-/m1/s1. The number of nitrogens with one attached hydrogen (secondary N) is 1. The van der Waals surface area contributed by atoms with Crippen molar-refractivity contribution in [1.82, 2.24) is 5.32 Å². The van der Waals surface area contributed by atoms with Gasteiger partial charge in [0, 0.05) is 26.9 Å². The van der Waals surface area contributed by atoms with Crippen molar-refractivity contribution in [2.45, 2.75) is 30.5 Å². The Morgan fingerprint density at radius 1 is 0.704 bits per heavy atom. The van der Waals surface area contributed by atoms with Crippen LogP contribution in [0.5, 0.6) is 0 Å². The fourth-order valence-electron chi connectivity index (χ4n) is 3.99. The van der Waals surface area contributed by atoms with Crippen LogP contribution < -0.4 is 5.32 Å². The maximum Gasteiger partial charge on any atom is 0.0645 e. The third kappa shape index (κ3) is 4.19. The third-order valence-electron chi connectivity index (χ3n) is 5.32. The average molecular weight is 487 g/mol. The van der Waals surface area contributed by atoms with Gasteiger partial charge in [-0.25, -0.2) is 0 Å². The summed E-state index contributed by atoms with van der Waals surface area (Å²) in [6.45, 7) is 0. The molecule has 1 aliphatic rings. The number of rotatable bonds is 3. The summed E-state index contributed by atoms with van der Waals surface area (Å²) in [5.74, 6) is 0.0130. The van der Waals surface area contributed by atoms with Gasteiger partial charge >= 0.3 is 0 Å². The Morgan fingerprint density at radius 3 is 1.85 bits per heavy atom. The largest absolute Gasteiger partial charge is 0.392 e. The lowest BCUT2D eigenvalue weighted by molar-refractivity contribution is 0.0681. The number of hydrogen-bond acceptors (Lipinski definition) is 2. The lowest BCUT2D eigenvalue weighted by Gasteiger charge is -2.42. The summed E-state index contributed by atoms with van der Waals surface area (Å²) in [5, 5.41) is 14.9. The van der Waals surface area contributed by atoms with E-state index in [1.54, 1.807) is 0 Å². The minimum atomic E-state index is -0.420. The molecule has 0 aliphatic carbocycles. The Bertz CT molecular complexity index is 881. The molecule has 3 aromatic carbocycles. The van der Waals surface area contributed by atoms with Crippen LogP contribution in [-0.4, -0.2) is 11.2 Å². The SMILES string of the molecule is O[C@@H]1C[C@H](c2ccc(Br)cc2)N[C@H](c2ccc(Br)cc2)[C@H]1c1ccccc1. The zero-order valence-electron chi connectivity index (χ0n) is 14.7. The second kappa shape index (κ2) is 8.27. The first-order chi connectivity index (χ1) is 13.1. The van der Waals surface area contributed by atoms with Gasteiger partial charge in [-0.15, -0.1) is 0 Å². The number of hydrogen-bond donors (Lipinski definition) is 2. The summed E-state index contributed by atoms with van der Waals surface area (Å²) in [7, 11) is 0. The van der Waals surface area contributed by atoms with Gasteiger partial charge in [-0.05, 0) is 47.4 Å². The molecule has 0 bridgehead atoms. The summed E-state index contributed by atoms with van der Waals surface area (Å²) in [6.07, 6.45) is 0.268. The van der Waals surface area contributed by atoms with E-state index in [1.165, 1.54) is 16.7 Å². The molecule has 0 amide bonds. The zero-order chi connectivity index (χ0) is 18.8. The molecule has 1 aliphatic heterocycles. The van der Waals surface area contributed by atoms with Crippen LogP contribution in [0.2, 0.25) is 0 Å². The van der Waals surface area contributed by atoms with Gasteiger partial charge in [-0.3, -0.25) is 0 Å². The monoisotopic (exact) mass is 485 g/mol. The quantitative estimate of drug-likeness (QED) is 0.466.